The maximum Gasteiger partial charge on any atom is 0.270 e. The van der Waals surface area contributed by atoms with Crippen molar-refractivity contribution in [1.82, 2.24) is 0 Å². The molecule has 1 aliphatic heterocycles. The Bertz CT molecular complexity index is 920. The van der Waals surface area contributed by atoms with Gasteiger partial charge in [-0.1, -0.05) is 48.2 Å². The molecule has 3 nitrogen and oxygen atoms in total. The number of anilines is 1. The van der Waals surface area contributed by atoms with E-state index in [1.165, 1.54) is 35.7 Å². The number of halogens is 1. The summed E-state index contributed by atoms with van der Waals surface area (Å²) in [6.45, 7) is 3.15. The lowest BCUT2D eigenvalue weighted by Gasteiger charge is -2.15. The van der Waals surface area contributed by atoms with Gasteiger partial charge in [0.05, 0.1) is 10.6 Å². The van der Waals surface area contributed by atoms with E-state index in [1.54, 1.807) is 43.3 Å². The fraction of sp³-hybridized carbons (Fsp3) is 0.105. The van der Waals surface area contributed by atoms with Gasteiger partial charge < -0.3 is 0 Å². The molecule has 3 rings (SSSR count). The Balaban J connectivity index is 1.90. The number of rotatable bonds is 3. The Kier molecular flexibility index (Phi) is 4.83. The molecular weight excluding hydrogens is 357 g/mol. The minimum Gasteiger partial charge on any atom is -0.295 e. The zero-order valence-corrected chi connectivity index (χ0v) is 15.2. The average molecular weight is 371 g/mol. The number of carbonyl (C=O) groups excluding carboxylic acids is 2. The summed E-state index contributed by atoms with van der Waals surface area (Å²) in [4.78, 5) is 25.9. The molecule has 0 aliphatic carbocycles. The van der Waals surface area contributed by atoms with Crippen LogP contribution in [0.25, 0.3) is 6.08 Å². The number of ketones is 1. The first-order chi connectivity index (χ1) is 11.9. The van der Waals surface area contributed by atoms with Crippen LogP contribution < -0.4 is 4.90 Å². The van der Waals surface area contributed by atoms with E-state index in [4.69, 9.17) is 12.2 Å². The highest BCUT2D eigenvalue weighted by molar-refractivity contribution is 8.27. The minimum absolute atomic E-state index is 0.00967. The van der Waals surface area contributed by atoms with Crippen LogP contribution in [0.4, 0.5) is 10.1 Å². The molecule has 1 fully saturated rings. The molecule has 0 spiro atoms. The molecule has 126 valence electrons. The van der Waals surface area contributed by atoms with Gasteiger partial charge in [-0.25, -0.2) is 4.39 Å². The number of hydrogen-bond acceptors (Lipinski definition) is 4. The molecule has 0 atom stereocenters. The lowest BCUT2D eigenvalue weighted by Crippen LogP contribution is -2.27. The highest BCUT2D eigenvalue weighted by Gasteiger charge is 2.33. The molecule has 25 heavy (non-hydrogen) atoms. The second-order valence-corrected chi connectivity index (χ2v) is 7.30. The Morgan fingerprint density at radius 1 is 1.20 bits per heavy atom. The number of carbonyl (C=O) groups is 2. The van der Waals surface area contributed by atoms with Gasteiger partial charge >= 0.3 is 0 Å². The molecule has 0 radical (unpaired) electrons. The first-order valence-corrected chi connectivity index (χ1v) is 8.74. The Hall–Kier alpha value is -2.31. The van der Waals surface area contributed by atoms with E-state index in [0.717, 1.165) is 5.56 Å². The molecule has 0 N–H and O–H groups in total. The summed E-state index contributed by atoms with van der Waals surface area (Å²) in [7, 11) is 0. The summed E-state index contributed by atoms with van der Waals surface area (Å²) in [5.74, 6) is -0.573. The van der Waals surface area contributed by atoms with Crippen LogP contribution >= 0.6 is 24.0 Å². The quantitative estimate of drug-likeness (QED) is 0.444. The lowest BCUT2D eigenvalue weighted by atomic mass is 10.1. The first-order valence-electron chi connectivity index (χ1n) is 7.52. The normalized spacial score (nSPS) is 16.0. The van der Waals surface area contributed by atoms with E-state index in [1.807, 2.05) is 0 Å². The van der Waals surface area contributed by atoms with Crippen LogP contribution in [0.2, 0.25) is 0 Å². The summed E-state index contributed by atoms with van der Waals surface area (Å²) in [6.07, 6.45) is 1.74. The van der Waals surface area contributed by atoms with E-state index in [9.17, 15) is 14.0 Å². The van der Waals surface area contributed by atoms with Crippen LogP contribution in [0.5, 0.6) is 0 Å². The fourth-order valence-corrected chi connectivity index (χ4v) is 3.72. The van der Waals surface area contributed by atoms with Gasteiger partial charge in [0.1, 0.15) is 5.82 Å². The fourth-order valence-electron chi connectivity index (χ4n) is 2.42. The molecule has 0 bridgehead atoms. The summed E-state index contributed by atoms with van der Waals surface area (Å²) < 4.78 is 13.9. The largest absolute Gasteiger partial charge is 0.295 e. The molecule has 2 aromatic rings. The van der Waals surface area contributed by atoms with Crippen molar-refractivity contribution in [3.63, 3.8) is 0 Å². The maximum atomic E-state index is 13.5. The minimum atomic E-state index is -0.324. The summed E-state index contributed by atoms with van der Waals surface area (Å²) >= 11 is 6.51. The SMILES string of the molecule is CC(=O)c1ccc(/C=C2\SC(=S)N(c3ccc(F)c(C)c3)C2=O)cc1. The average Bonchev–Trinajstić information content (AvgIpc) is 2.85. The highest BCUT2D eigenvalue weighted by Crippen LogP contribution is 2.36. The zero-order valence-electron chi connectivity index (χ0n) is 13.6. The molecule has 0 unspecified atom stereocenters. The van der Waals surface area contributed by atoms with Crippen LogP contribution in [0.1, 0.15) is 28.4 Å². The van der Waals surface area contributed by atoms with Gasteiger partial charge in [-0.3, -0.25) is 14.5 Å². The van der Waals surface area contributed by atoms with Crippen LogP contribution in [0.15, 0.2) is 47.4 Å². The molecule has 0 saturated carbocycles. The van der Waals surface area contributed by atoms with E-state index >= 15 is 0 Å². The van der Waals surface area contributed by atoms with Gasteiger partial charge in [0, 0.05) is 5.56 Å². The van der Waals surface area contributed by atoms with E-state index < -0.39 is 0 Å². The Morgan fingerprint density at radius 2 is 1.88 bits per heavy atom. The van der Waals surface area contributed by atoms with Gasteiger partial charge in [0.2, 0.25) is 0 Å². The molecule has 0 aromatic heterocycles. The summed E-state index contributed by atoms with van der Waals surface area (Å²) in [6, 6.07) is 11.5. The van der Waals surface area contributed by atoms with Crippen molar-refractivity contribution >= 4 is 51.8 Å². The van der Waals surface area contributed by atoms with Crippen LogP contribution in [-0.4, -0.2) is 16.0 Å². The van der Waals surface area contributed by atoms with Crippen molar-refractivity contribution in [2.75, 3.05) is 4.90 Å². The highest BCUT2D eigenvalue weighted by atomic mass is 32.2. The third-order valence-electron chi connectivity index (χ3n) is 3.81. The third-order valence-corrected chi connectivity index (χ3v) is 5.11. The van der Waals surface area contributed by atoms with Gasteiger partial charge in [-0.05, 0) is 49.2 Å². The molecule has 2 aromatic carbocycles. The topological polar surface area (TPSA) is 37.4 Å². The van der Waals surface area contributed by atoms with Crippen molar-refractivity contribution in [3.8, 4) is 0 Å². The molecule has 1 aliphatic rings. The number of thiocarbonyl (C=S) groups is 1. The molecule has 6 heteroatoms. The number of aryl methyl sites for hydroxylation is 1. The van der Waals surface area contributed by atoms with E-state index in [2.05, 4.69) is 0 Å². The maximum absolute atomic E-state index is 13.5. The first kappa shape index (κ1) is 17.5. The van der Waals surface area contributed by atoms with Crippen molar-refractivity contribution in [2.24, 2.45) is 0 Å². The zero-order chi connectivity index (χ0) is 18.1. The predicted octanol–water partition coefficient (Wildman–Crippen LogP) is 4.74. The van der Waals surface area contributed by atoms with E-state index in [0.29, 0.717) is 26.0 Å². The van der Waals surface area contributed by atoms with Crippen molar-refractivity contribution < 1.29 is 14.0 Å². The predicted molar refractivity (Wildman–Crippen MR) is 103 cm³/mol. The molecular formula is C19H14FNO2S2. The molecule has 1 heterocycles. The second-order valence-electron chi connectivity index (χ2n) is 5.63. The van der Waals surface area contributed by atoms with Crippen LogP contribution in [0, 0.1) is 12.7 Å². The Labute approximate surface area is 154 Å². The van der Waals surface area contributed by atoms with Gasteiger partial charge in [-0.2, -0.15) is 0 Å². The van der Waals surface area contributed by atoms with Crippen molar-refractivity contribution in [3.05, 3.63) is 69.9 Å². The third kappa shape index (κ3) is 3.55. The monoisotopic (exact) mass is 371 g/mol. The van der Waals surface area contributed by atoms with Gasteiger partial charge in [-0.15, -0.1) is 0 Å². The second kappa shape index (κ2) is 6.90. The number of amides is 1. The smallest absolute Gasteiger partial charge is 0.270 e. The lowest BCUT2D eigenvalue weighted by molar-refractivity contribution is -0.113. The molecule has 1 saturated heterocycles. The number of nitrogens with zero attached hydrogens (tertiary/aromatic N) is 1. The number of Topliss-reactive ketones (excluding diaryl/α,β-unsaturated/α-hetero) is 1. The summed E-state index contributed by atoms with van der Waals surface area (Å²) in [5.41, 5.74) is 2.43. The number of thioether (sulfide) groups is 1. The van der Waals surface area contributed by atoms with Crippen molar-refractivity contribution in [1.29, 1.82) is 0 Å². The van der Waals surface area contributed by atoms with Gasteiger partial charge in [0.15, 0.2) is 10.1 Å². The van der Waals surface area contributed by atoms with Crippen LogP contribution in [-0.2, 0) is 4.79 Å². The summed E-state index contributed by atoms with van der Waals surface area (Å²) in [5, 5.41) is 0. The number of hydrogen-bond donors (Lipinski definition) is 0. The standard InChI is InChI=1S/C19H14FNO2S2/c1-11-9-15(7-8-16(11)20)21-18(23)17(25-19(21)24)10-13-3-5-14(6-4-13)12(2)22/h3-10H,1-2H3/b17-10-. The van der Waals surface area contributed by atoms with Gasteiger partial charge in [0.25, 0.3) is 5.91 Å². The number of benzene rings is 2. The Morgan fingerprint density at radius 3 is 2.48 bits per heavy atom. The van der Waals surface area contributed by atoms with Crippen LogP contribution in [0.3, 0.4) is 0 Å². The van der Waals surface area contributed by atoms with E-state index in [-0.39, 0.29) is 17.5 Å². The molecule has 1 amide bonds. The van der Waals surface area contributed by atoms with Crippen molar-refractivity contribution in [2.45, 2.75) is 13.8 Å².